The standard InChI is InChI=1S/C12H19N3O/c1-3-5-12(16)15-11-7-6-10(9-14-11)13-8-4-2/h6-7,9,13H,3-5,8H2,1-2H3,(H,14,15,16). The molecular weight excluding hydrogens is 202 g/mol. The lowest BCUT2D eigenvalue weighted by molar-refractivity contribution is -0.116. The van der Waals surface area contributed by atoms with Crippen molar-refractivity contribution in [2.45, 2.75) is 33.1 Å². The minimum absolute atomic E-state index is 0.0178. The van der Waals surface area contributed by atoms with Gasteiger partial charge in [0.2, 0.25) is 5.91 Å². The first-order chi connectivity index (χ1) is 7.76. The quantitative estimate of drug-likeness (QED) is 0.776. The number of rotatable bonds is 6. The van der Waals surface area contributed by atoms with Crippen LogP contribution in [0.3, 0.4) is 0 Å². The van der Waals surface area contributed by atoms with E-state index in [9.17, 15) is 4.79 Å². The van der Waals surface area contributed by atoms with Gasteiger partial charge < -0.3 is 10.6 Å². The Hall–Kier alpha value is -1.58. The topological polar surface area (TPSA) is 54.0 Å². The summed E-state index contributed by atoms with van der Waals surface area (Å²) in [5.74, 6) is 0.629. The Labute approximate surface area is 96.5 Å². The number of nitrogens with one attached hydrogen (secondary N) is 2. The molecule has 1 aromatic rings. The van der Waals surface area contributed by atoms with Crippen molar-refractivity contribution >= 4 is 17.4 Å². The largest absolute Gasteiger partial charge is 0.384 e. The van der Waals surface area contributed by atoms with Crippen molar-refractivity contribution in [3.05, 3.63) is 18.3 Å². The van der Waals surface area contributed by atoms with Crippen molar-refractivity contribution in [2.75, 3.05) is 17.2 Å². The van der Waals surface area contributed by atoms with E-state index < -0.39 is 0 Å². The van der Waals surface area contributed by atoms with E-state index in [0.717, 1.165) is 25.1 Å². The van der Waals surface area contributed by atoms with E-state index in [1.165, 1.54) is 0 Å². The van der Waals surface area contributed by atoms with Crippen LogP contribution in [0.5, 0.6) is 0 Å². The van der Waals surface area contributed by atoms with Crippen LogP contribution in [0.2, 0.25) is 0 Å². The summed E-state index contributed by atoms with van der Waals surface area (Å²) in [5.41, 5.74) is 0.982. The number of carbonyl (C=O) groups is 1. The minimum Gasteiger partial charge on any atom is -0.384 e. The van der Waals surface area contributed by atoms with Gasteiger partial charge >= 0.3 is 0 Å². The molecule has 0 fully saturated rings. The van der Waals surface area contributed by atoms with Crippen molar-refractivity contribution in [2.24, 2.45) is 0 Å². The monoisotopic (exact) mass is 221 g/mol. The van der Waals surface area contributed by atoms with Crippen molar-refractivity contribution in [3.8, 4) is 0 Å². The molecule has 2 N–H and O–H groups in total. The van der Waals surface area contributed by atoms with Gasteiger partial charge in [0.05, 0.1) is 11.9 Å². The fourth-order valence-electron chi connectivity index (χ4n) is 1.27. The molecule has 0 unspecified atom stereocenters. The number of anilines is 2. The fraction of sp³-hybridized carbons (Fsp3) is 0.500. The highest BCUT2D eigenvalue weighted by Gasteiger charge is 2.01. The predicted molar refractivity (Wildman–Crippen MR) is 66.6 cm³/mol. The second-order valence-electron chi connectivity index (χ2n) is 3.66. The molecule has 1 amide bonds. The molecule has 1 aromatic heterocycles. The second kappa shape index (κ2) is 6.82. The first kappa shape index (κ1) is 12.5. The number of carbonyl (C=O) groups excluding carboxylic acids is 1. The van der Waals surface area contributed by atoms with Crippen LogP contribution < -0.4 is 10.6 Å². The molecule has 0 atom stereocenters. The maximum Gasteiger partial charge on any atom is 0.225 e. The third kappa shape index (κ3) is 4.29. The van der Waals surface area contributed by atoms with Gasteiger partial charge in [-0.15, -0.1) is 0 Å². The predicted octanol–water partition coefficient (Wildman–Crippen LogP) is 2.64. The van der Waals surface area contributed by atoms with Gasteiger partial charge in [0.25, 0.3) is 0 Å². The van der Waals surface area contributed by atoms with Crippen molar-refractivity contribution in [1.29, 1.82) is 0 Å². The summed E-state index contributed by atoms with van der Waals surface area (Å²) >= 11 is 0. The van der Waals surface area contributed by atoms with Crippen LogP contribution >= 0.6 is 0 Å². The summed E-state index contributed by atoms with van der Waals surface area (Å²) in [6.45, 7) is 5.02. The van der Waals surface area contributed by atoms with Gasteiger partial charge in [-0.05, 0) is 25.0 Å². The summed E-state index contributed by atoms with van der Waals surface area (Å²) < 4.78 is 0. The molecule has 0 radical (unpaired) electrons. The Morgan fingerprint density at radius 1 is 1.31 bits per heavy atom. The van der Waals surface area contributed by atoms with Crippen LogP contribution in [0.4, 0.5) is 11.5 Å². The highest BCUT2D eigenvalue weighted by atomic mass is 16.1. The lowest BCUT2D eigenvalue weighted by Crippen LogP contribution is -2.11. The SMILES string of the molecule is CCCNc1ccc(NC(=O)CCC)nc1. The van der Waals surface area contributed by atoms with Gasteiger partial charge in [-0.3, -0.25) is 4.79 Å². The Morgan fingerprint density at radius 3 is 2.69 bits per heavy atom. The molecule has 0 aliphatic carbocycles. The van der Waals surface area contributed by atoms with E-state index in [4.69, 9.17) is 0 Å². The van der Waals surface area contributed by atoms with Crippen LogP contribution in [0.25, 0.3) is 0 Å². The highest BCUT2D eigenvalue weighted by molar-refractivity contribution is 5.89. The molecule has 1 rings (SSSR count). The Morgan fingerprint density at radius 2 is 2.12 bits per heavy atom. The number of hydrogen-bond donors (Lipinski definition) is 2. The van der Waals surface area contributed by atoms with Crippen LogP contribution in [-0.2, 0) is 4.79 Å². The number of aromatic nitrogens is 1. The summed E-state index contributed by atoms with van der Waals surface area (Å²) in [7, 11) is 0. The van der Waals surface area contributed by atoms with Crippen molar-refractivity contribution in [3.63, 3.8) is 0 Å². The maximum atomic E-state index is 11.3. The van der Waals surface area contributed by atoms with Crippen molar-refractivity contribution < 1.29 is 4.79 Å². The number of pyridine rings is 1. The average Bonchev–Trinajstić information content (AvgIpc) is 2.28. The van der Waals surface area contributed by atoms with Crippen LogP contribution in [0.15, 0.2) is 18.3 Å². The van der Waals surface area contributed by atoms with Crippen LogP contribution in [0, 0.1) is 0 Å². The third-order valence-electron chi connectivity index (χ3n) is 2.09. The van der Waals surface area contributed by atoms with Crippen molar-refractivity contribution in [1.82, 2.24) is 4.98 Å². The molecule has 88 valence electrons. The molecule has 0 bridgehead atoms. The molecule has 0 aliphatic rings. The normalized spacial score (nSPS) is 9.88. The van der Waals surface area contributed by atoms with Gasteiger partial charge in [-0.25, -0.2) is 4.98 Å². The number of amides is 1. The van der Waals surface area contributed by atoms with Gasteiger partial charge in [0.15, 0.2) is 0 Å². The zero-order valence-corrected chi connectivity index (χ0v) is 9.92. The molecule has 1 heterocycles. The van der Waals surface area contributed by atoms with E-state index >= 15 is 0 Å². The number of hydrogen-bond acceptors (Lipinski definition) is 3. The van der Waals surface area contributed by atoms with E-state index in [1.807, 2.05) is 19.1 Å². The summed E-state index contributed by atoms with van der Waals surface area (Å²) in [6.07, 6.45) is 4.20. The molecule has 0 saturated heterocycles. The van der Waals surface area contributed by atoms with Gasteiger partial charge in [-0.2, -0.15) is 0 Å². The Balaban J connectivity index is 2.47. The van der Waals surface area contributed by atoms with Gasteiger partial charge in [0, 0.05) is 13.0 Å². The summed E-state index contributed by atoms with van der Waals surface area (Å²) in [4.78, 5) is 15.5. The van der Waals surface area contributed by atoms with E-state index in [1.54, 1.807) is 6.20 Å². The highest BCUT2D eigenvalue weighted by Crippen LogP contribution is 2.09. The first-order valence-corrected chi connectivity index (χ1v) is 5.76. The Bertz CT molecular complexity index is 322. The maximum absolute atomic E-state index is 11.3. The molecule has 4 heteroatoms. The lowest BCUT2D eigenvalue weighted by Gasteiger charge is -2.06. The zero-order valence-electron chi connectivity index (χ0n) is 9.92. The van der Waals surface area contributed by atoms with Crippen LogP contribution in [-0.4, -0.2) is 17.4 Å². The van der Waals surface area contributed by atoms with E-state index in [-0.39, 0.29) is 5.91 Å². The smallest absolute Gasteiger partial charge is 0.225 e. The molecule has 16 heavy (non-hydrogen) atoms. The molecule has 4 nitrogen and oxygen atoms in total. The van der Waals surface area contributed by atoms with E-state index in [0.29, 0.717) is 12.2 Å². The van der Waals surface area contributed by atoms with E-state index in [2.05, 4.69) is 22.5 Å². The zero-order chi connectivity index (χ0) is 11.8. The molecule has 0 saturated carbocycles. The van der Waals surface area contributed by atoms with Gasteiger partial charge in [-0.1, -0.05) is 13.8 Å². The summed E-state index contributed by atoms with van der Waals surface area (Å²) in [6, 6.07) is 3.73. The third-order valence-corrected chi connectivity index (χ3v) is 2.09. The second-order valence-corrected chi connectivity index (χ2v) is 3.66. The van der Waals surface area contributed by atoms with Crippen LogP contribution in [0.1, 0.15) is 33.1 Å². The summed E-state index contributed by atoms with van der Waals surface area (Å²) in [5, 5.41) is 5.97. The average molecular weight is 221 g/mol. The Kier molecular flexibility index (Phi) is 5.32. The number of nitrogens with zero attached hydrogens (tertiary/aromatic N) is 1. The lowest BCUT2D eigenvalue weighted by atomic mass is 10.3. The minimum atomic E-state index is 0.0178. The molecule has 0 spiro atoms. The first-order valence-electron chi connectivity index (χ1n) is 5.76. The van der Waals surface area contributed by atoms with Gasteiger partial charge in [0.1, 0.15) is 5.82 Å². The molecular formula is C12H19N3O. The fourth-order valence-corrected chi connectivity index (χ4v) is 1.27. The molecule has 0 aliphatic heterocycles. The molecule has 0 aromatic carbocycles.